The molecule has 0 aliphatic heterocycles. The first-order valence-electron chi connectivity index (χ1n) is 7.67. The molecule has 1 aliphatic carbocycles. The van der Waals surface area contributed by atoms with Crippen molar-refractivity contribution in [3.63, 3.8) is 0 Å². The van der Waals surface area contributed by atoms with E-state index in [1.165, 1.54) is 11.1 Å². The number of aromatic nitrogens is 1. The fraction of sp³-hybridized carbons (Fsp3) is 0.389. The van der Waals surface area contributed by atoms with E-state index < -0.39 is 0 Å². The van der Waals surface area contributed by atoms with Crippen LogP contribution in [-0.2, 0) is 12.8 Å². The minimum absolute atomic E-state index is 0.132. The third-order valence-corrected chi connectivity index (χ3v) is 3.82. The lowest BCUT2D eigenvalue weighted by atomic mass is 9.88. The summed E-state index contributed by atoms with van der Waals surface area (Å²) in [5.41, 5.74) is 3.94. The number of fused-ring (bicyclic) bond motifs is 1. The van der Waals surface area contributed by atoms with Crippen molar-refractivity contribution in [3.05, 3.63) is 53.7 Å². The van der Waals surface area contributed by atoms with Crippen LogP contribution in [-0.4, -0.2) is 17.1 Å². The topological polar surface area (TPSA) is 34.1 Å². The van der Waals surface area contributed by atoms with Crippen LogP contribution in [0.3, 0.4) is 0 Å². The Morgan fingerprint density at radius 1 is 1.14 bits per heavy atom. The second-order valence-corrected chi connectivity index (χ2v) is 5.88. The lowest BCUT2D eigenvalue weighted by molar-refractivity contribution is 0.234. The molecule has 1 heterocycles. The number of nitrogens with one attached hydrogen (secondary N) is 1. The maximum absolute atomic E-state index is 5.78. The average molecular weight is 282 g/mol. The summed E-state index contributed by atoms with van der Waals surface area (Å²) in [4.78, 5) is 4.34. The van der Waals surface area contributed by atoms with Gasteiger partial charge in [0.25, 0.3) is 0 Å². The molecule has 1 atom stereocenters. The average Bonchev–Trinajstić information content (AvgIpc) is 2.49. The highest BCUT2D eigenvalue weighted by Gasteiger charge is 2.19. The molecule has 1 N–H and O–H groups in total. The van der Waals surface area contributed by atoms with Gasteiger partial charge in [-0.3, -0.25) is 0 Å². The minimum atomic E-state index is 0.132. The summed E-state index contributed by atoms with van der Waals surface area (Å²) < 4.78 is 5.78. The van der Waals surface area contributed by atoms with Gasteiger partial charge in [0.2, 0.25) is 5.88 Å². The van der Waals surface area contributed by atoms with E-state index in [0.717, 1.165) is 24.9 Å². The molecule has 1 aromatic heterocycles. The lowest BCUT2D eigenvalue weighted by Crippen LogP contribution is -2.27. The Morgan fingerprint density at radius 3 is 2.76 bits per heavy atom. The van der Waals surface area contributed by atoms with E-state index >= 15 is 0 Å². The van der Waals surface area contributed by atoms with E-state index in [1.807, 2.05) is 26.0 Å². The van der Waals surface area contributed by atoms with E-state index in [0.29, 0.717) is 11.9 Å². The predicted molar refractivity (Wildman–Crippen MR) is 85.9 cm³/mol. The van der Waals surface area contributed by atoms with Gasteiger partial charge in [-0.2, -0.15) is 0 Å². The normalized spacial score (nSPS) is 17.4. The van der Waals surface area contributed by atoms with Crippen LogP contribution < -0.4 is 10.1 Å². The summed E-state index contributed by atoms with van der Waals surface area (Å²) >= 11 is 0. The van der Waals surface area contributed by atoms with Gasteiger partial charge in [-0.15, -0.1) is 0 Å². The third-order valence-electron chi connectivity index (χ3n) is 3.82. The maximum atomic E-state index is 5.78. The van der Waals surface area contributed by atoms with Gasteiger partial charge in [-0.25, -0.2) is 4.98 Å². The zero-order valence-corrected chi connectivity index (χ0v) is 12.7. The molecule has 2 aromatic rings. The van der Waals surface area contributed by atoms with Crippen LogP contribution in [0.25, 0.3) is 0 Å². The zero-order valence-electron chi connectivity index (χ0n) is 12.7. The van der Waals surface area contributed by atoms with Gasteiger partial charge in [0.05, 0.1) is 11.8 Å². The summed E-state index contributed by atoms with van der Waals surface area (Å²) in [6.07, 6.45) is 5.25. The highest BCUT2D eigenvalue weighted by molar-refractivity contribution is 5.53. The Morgan fingerprint density at radius 2 is 1.95 bits per heavy atom. The van der Waals surface area contributed by atoms with Crippen molar-refractivity contribution in [3.8, 4) is 5.88 Å². The molecular formula is C18H22N2O. The first-order chi connectivity index (χ1) is 10.2. The fourth-order valence-electron chi connectivity index (χ4n) is 2.86. The molecule has 3 heteroatoms. The molecule has 3 nitrogen and oxygen atoms in total. The second kappa shape index (κ2) is 6.17. The summed E-state index contributed by atoms with van der Waals surface area (Å²) in [7, 11) is 0. The Kier molecular flexibility index (Phi) is 4.09. The van der Waals surface area contributed by atoms with Crippen molar-refractivity contribution in [2.45, 2.75) is 45.3 Å². The molecule has 1 aliphatic rings. The SMILES string of the molecule is CC(C)Oc1ncccc1NC1CCc2ccccc2C1. The van der Waals surface area contributed by atoms with Gasteiger partial charge >= 0.3 is 0 Å². The molecule has 0 bridgehead atoms. The highest BCUT2D eigenvalue weighted by Crippen LogP contribution is 2.27. The quantitative estimate of drug-likeness (QED) is 0.925. The molecule has 0 saturated heterocycles. The smallest absolute Gasteiger partial charge is 0.237 e. The van der Waals surface area contributed by atoms with Gasteiger partial charge in [0, 0.05) is 12.2 Å². The van der Waals surface area contributed by atoms with Crippen molar-refractivity contribution in [2.75, 3.05) is 5.32 Å². The molecule has 110 valence electrons. The number of nitrogens with zero attached hydrogens (tertiary/aromatic N) is 1. The molecular weight excluding hydrogens is 260 g/mol. The molecule has 3 rings (SSSR count). The number of ether oxygens (including phenoxy) is 1. The number of pyridine rings is 1. The molecule has 0 spiro atoms. The van der Waals surface area contributed by atoms with Crippen LogP contribution in [0.15, 0.2) is 42.6 Å². The summed E-state index contributed by atoms with van der Waals surface area (Å²) in [6.45, 7) is 4.05. The number of rotatable bonds is 4. The first-order valence-corrected chi connectivity index (χ1v) is 7.67. The fourth-order valence-corrected chi connectivity index (χ4v) is 2.86. The van der Waals surface area contributed by atoms with Crippen LogP contribution in [0.5, 0.6) is 5.88 Å². The molecule has 21 heavy (non-hydrogen) atoms. The Hall–Kier alpha value is -2.03. The third kappa shape index (κ3) is 3.35. The van der Waals surface area contributed by atoms with Crippen LogP contribution >= 0.6 is 0 Å². The highest BCUT2D eigenvalue weighted by atomic mass is 16.5. The number of hydrogen-bond acceptors (Lipinski definition) is 3. The molecule has 1 unspecified atom stereocenters. The minimum Gasteiger partial charge on any atom is -0.473 e. The largest absolute Gasteiger partial charge is 0.473 e. The van der Waals surface area contributed by atoms with Crippen molar-refractivity contribution in [2.24, 2.45) is 0 Å². The van der Waals surface area contributed by atoms with Crippen LogP contribution in [0, 0.1) is 0 Å². The lowest BCUT2D eigenvalue weighted by Gasteiger charge is -2.27. The molecule has 0 amide bonds. The monoisotopic (exact) mass is 282 g/mol. The van der Waals surface area contributed by atoms with Crippen LogP contribution in [0.2, 0.25) is 0 Å². The number of hydrogen-bond donors (Lipinski definition) is 1. The number of aryl methyl sites for hydroxylation is 1. The van der Waals surface area contributed by atoms with E-state index in [9.17, 15) is 0 Å². The first kappa shape index (κ1) is 13.9. The van der Waals surface area contributed by atoms with Crippen molar-refractivity contribution >= 4 is 5.69 Å². The summed E-state index contributed by atoms with van der Waals surface area (Å²) in [5.74, 6) is 0.700. The summed E-state index contributed by atoms with van der Waals surface area (Å²) in [6, 6.07) is 13.2. The summed E-state index contributed by atoms with van der Waals surface area (Å²) in [5, 5.41) is 3.61. The maximum Gasteiger partial charge on any atom is 0.237 e. The molecule has 1 aromatic carbocycles. The zero-order chi connectivity index (χ0) is 14.7. The van der Waals surface area contributed by atoms with E-state index in [1.54, 1.807) is 6.20 Å². The van der Waals surface area contributed by atoms with Crippen molar-refractivity contribution in [1.82, 2.24) is 4.98 Å². The molecule has 0 radical (unpaired) electrons. The van der Waals surface area contributed by atoms with Gasteiger partial charge < -0.3 is 10.1 Å². The van der Waals surface area contributed by atoms with Crippen LogP contribution in [0.4, 0.5) is 5.69 Å². The van der Waals surface area contributed by atoms with Crippen LogP contribution in [0.1, 0.15) is 31.4 Å². The number of anilines is 1. The Bertz CT molecular complexity index is 610. The van der Waals surface area contributed by atoms with E-state index in [4.69, 9.17) is 4.74 Å². The van der Waals surface area contributed by atoms with E-state index in [-0.39, 0.29) is 6.10 Å². The Balaban J connectivity index is 1.73. The van der Waals surface area contributed by atoms with Gasteiger partial charge in [0.15, 0.2) is 0 Å². The standard InChI is InChI=1S/C18H22N2O/c1-13(2)21-18-17(8-5-11-19-18)20-16-10-9-14-6-3-4-7-15(14)12-16/h3-8,11,13,16,20H,9-10,12H2,1-2H3. The van der Waals surface area contributed by atoms with Crippen molar-refractivity contribution in [1.29, 1.82) is 0 Å². The van der Waals surface area contributed by atoms with E-state index in [2.05, 4.69) is 34.6 Å². The van der Waals surface area contributed by atoms with Gasteiger partial charge in [0.1, 0.15) is 0 Å². The Labute approximate surface area is 126 Å². The number of benzene rings is 1. The van der Waals surface area contributed by atoms with Gasteiger partial charge in [-0.05, 0) is 56.4 Å². The predicted octanol–water partition coefficient (Wildman–Crippen LogP) is 3.84. The van der Waals surface area contributed by atoms with Crippen molar-refractivity contribution < 1.29 is 4.74 Å². The molecule has 0 fully saturated rings. The van der Waals surface area contributed by atoms with Gasteiger partial charge in [-0.1, -0.05) is 24.3 Å². The second-order valence-electron chi connectivity index (χ2n) is 5.88. The molecule has 0 saturated carbocycles.